The van der Waals surface area contributed by atoms with Crippen molar-refractivity contribution >= 4 is 29.1 Å². The van der Waals surface area contributed by atoms with Crippen LogP contribution < -0.4 is 10.2 Å². The lowest BCUT2D eigenvalue weighted by Gasteiger charge is -2.29. The van der Waals surface area contributed by atoms with Gasteiger partial charge in [-0.2, -0.15) is 0 Å². The number of anilines is 2. The summed E-state index contributed by atoms with van der Waals surface area (Å²) in [6, 6.07) is 11.3. The fraction of sp³-hybridized carbons (Fsp3) is 0.464. The van der Waals surface area contributed by atoms with Crippen LogP contribution in [-0.2, 0) is 4.79 Å². The molecular formula is C28H35FN4O3. The molecule has 2 aromatic carbocycles. The molecule has 36 heavy (non-hydrogen) atoms. The van der Waals surface area contributed by atoms with E-state index in [1.54, 1.807) is 28.0 Å². The first-order chi connectivity index (χ1) is 17.4. The monoisotopic (exact) mass is 494 g/mol. The molecule has 1 N–H and O–H groups in total. The number of hydrogen-bond acceptors (Lipinski definition) is 4. The van der Waals surface area contributed by atoms with Crippen molar-refractivity contribution in [3.63, 3.8) is 0 Å². The Balaban J connectivity index is 1.55. The highest BCUT2D eigenvalue weighted by Gasteiger charge is 2.27. The van der Waals surface area contributed by atoms with Crippen LogP contribution in [0.1, 0.15) is 60.2 Å². The van der Waals surface area contributed by atoms with Crippen molar-refractivity contribution in [2.45, 2.75) is 39.5 Å². The molecule has 0 atom stereocenters. The third-order valence-corrected chi connectivity index (χ3v) is 7.22. The van der Waals surface area contributed by atoms with Crippen LogP contribution in [0, 0.1) is 11.7 Å². The molecule has 0 spiro atoms. The first-order valence-electron chi connectivity index (χ1n) is 12.9. The van der Waals surface area contributed by atoms with Crippen molar-refractivity contribution in [1.82, 2.24) is 9.80 Å². The molecule has 1 aliphatic carbocycles. The quantitative estimate of drug-likeness (QED) is 0.619. The van der Waals surface area contributed by atoms with Crippen molar-refractivity contribution in [3.8, 4) is 0 Å². The largest absolute Gasteiger partial charge is 0.369 e. The zero-order chi connectivity index (χ0) is 25.7. The SMILES string of the molecule is CCN(CC)C(=O)c1cc(NC(=O)C2CCC2)ccc1N1CCCN(C(=O)c2cccc(F)c2)CC1. The number of halogens is 1. The number of nitrogens with one attached hydrogen (secondary N) is 1. The third kappa shape index (κ3) is 5.69. The second kappa shape index (κ2) is 11.5. The molecule has 0 aromatic heterocycles. The first-order valence-corrected chi connectivity index (χ1v) is 12.9. The van der Waals surface area contributed by atoms with Gasteiger partial charge in [-0.25, -0.2) is 4.39 Å². The summed E-state index contributed by atoms with van der Waals surface area (Å²) in [5, 5.41) is 2.99. The van der Waals surface area contributed by atoms with Gasteiger partial charge in [-0.05, 0) is 69.5 Å². The average Bonchev–Trinajstić information content (AvgIpc) is 3.09. The van der Waals surface area contributed by atoms with E-state index in [9.17, 15) is 18.8 Å². The Morgan fingerprint density at radius 2 is 1.75 bits per heavy atom. The van der Waals surface area contributed by atoms with E-state index in [-0.39, 0.29) is 23.6 Å². The molecule has 2 aromatic rings. The summed E-state index contributed by atoms with van der Waals surface area (Å²) in [4.78, 5) is 44.6. The van der Waals surface area contributed by atoms with Crippen molar-refractivity contribution in [2.24, 2.45) is 5.92 Å². The summed E-state index contributed by atoms with van der Waals surface area (Å²) in [5.41, 5.74) is 2.32. The van der Waals surface area contributed by atoms with Crippen LogP contribution in [0.5, 0.6) is 0 Å². The number of hydrogen-bond donors (Lipinski definition) is 1. The normalized spacial score (nSPS) is 16.2. The van der Waals surface area contributed by atoms with Gasteiger partial charge in [0.25, 0.3) is 11.8 Å². The van der Waals surface area contributed by atoms with Gasteiger partial charge in [-0.15, -0.1) is 0 Å². The van der Waals surface area contributed by atoms with Gasteiger partial charge in [0.2, 0.25) is 5.91 Å². The summed E-state index contributed by atoms with van der Waals surface area (Å²) in [6.07, 6.45) is 3.62. The Hall–Kier alpha value is -3.42. The molecule has 3 amide bonds. The Morgan fingerprint density at radius 1 is 0.972 bits per heavy atom. The van der Waals surface area contributed by atoms with Crippen molar-refractivity contribution in [1.29, 1.82) is 0 Å². The highest BCUT2D eigenvalue weighted by molar-refractivity contribution is 6.02. The summed E-state index contributed by atoms with van der Waals surface area (Å²) in [7, 11) is 0. The Morgan fingerprint density at radius 3 is 2.42 bits per heavy atom. The minimum atomic E-state index is -0.429. The molecule has 1 saturated heterocycles. The molecule has 7 nitrogen and oxygen atoms in total. The van der Waals surface area contributed by atoms with Gasteiger partial charge < -0.3 is 20.0 Å². The molecule has 8 heteroatoms. The number of nitrogens with zero attached hydrogens (tertiary/aromatic N) is 3. The molecule has 1 aliphatic heterocycles. The number of amides is 3. The second-order valence-corrected chi connectivity index (χ2v) is 9.47. The lowest BCUT2D eigenvalue weighted by molar-refractivity contribution is -0.122. The van der Waals surface area contributed by atoms with E-state index in [1.165, 1.54) is 12.1 Å². The smallest absolute Gasteiger partial charge is 0.256 e. The van der Waals surface area contributed by atoms with E-state index in [0.717, 1.165) is 31.4 Å². The summed E-state index contributed by atoms with van der Waals surface area (Å²) in [5.74, 6) is -0.631. The van der Waals surface area contributed by atoms with E-state index < -0.39 is 5.82 Å². The maximum atomic E-state index is 13.6. The highest BCUT2D eigenvalue weighted by atomic mass is 19.1. The zero-order valence-electron chi connectivity index (χ0n) is 21.1. The van der Waals surface area contributed by atoms with Gasteiger partial charge in [0.05, 0.1) is 5.56 Å². The number of carbonyl (C=O) groups is 3. The molecule has 2 fully saturated rings. The highest BCUT2D eigenvalue weighted by Crippen LogP contribution is 2.30. The van der Waals surface area contributed by atoms with E-state index in [0.29, 0.717) is 56.1 Å². The van der Waals surface area contributed by atoms with Crippen LogP contribution in [-0.4, -0.2) is 66.8 Å². The predicted octanol–water partition coefficient (Wildman–Crippen LogP) is 4.40. The zero-order valence-corrected chi connectivity index (χ0v) is 21.1. The fourth-order valence-electron chi connectivity index (χ4n) is 4.82. The molecule has 1 heterocycles. The Bertz CT molecular complexity index is 1110. The number of carbonyl (C=O) groups excluding carboxylic acids is 3. The summed E-state index contributed by atoms with van der Waals surface area (Å²) >= 11 is 0. The summed E-state index contributed by atoms with van der Waals surface area (Å²) < 4.78 is 13.6. The van der Waals surface area contributed by atoms with E-state index in [1.807, 2.05) is 26.0 Å². The molecule has 0 radical (unpaired) electrons. The first kappa shape index (κ1) is 25.7. The van der Waals surface area contributed by atoms with Crippen LogP contribution in [0.15, 0.2) is 42.5 Å². The molecule has 1 saturated carbocycles. The van der Waals surface area contributed by atoms with E-state index >= 15 is 0 Å². The summed E-state index contributed by atoms with van der Waals surface area (Å²) in [6.45, 7) is 7.32. The molecular weight excluding hydrogens is 459 g/mol. The lowest BCUT2D eigenvalue weighted by atomic mass is 9.85. The predicted molar refractivity (Wildman–Crippen MR) is 139 cm³/mol. The maximum absolute atomic E-state index is 13.6. The van der Waals surface area contributed by atoms with Crippen LogP contribution in [0.3, 0.4) is 0 Å². The van der Waals surface area contributed by atoms with Crippen LogP contribution in [0.25, 0.3) is 0 Å². The van der Waals surface area contributed by atoms with E-state index in [4.69, 9.17) is 0 Å². The second-order valence-electron chi connectivity index (χ2n) is 9.47. The number of rotatable bonds is 7. The van der Waals surface area contributed by atoms with Gasteiger partial charge >= 0.3 is 0 Å². The third-order valence-electron chi connectivity index (χ3n) is 7.22. The molecule has 0 bridgehead atoms. The molecule has 4 rings (SSSR count). The van der Waals surface area contributed by atoms with Gasteiger partial charge in [0.1, 0.15) is 5.82 Å². The van der Waals surface area contributed by atoms with Crippen LogP contribution >= 0.6 is 0 Å². The maximum Gasteiger partial charge on any atom is 0.256 e. The minimum Gasteiger partial charge on any atom is -0.369 e. The lowest BCUT2D eigenvalue weighted by Crippen LogP contribution is -2.36. The van der Waals surface area contributed by atoms with Gasteiger partial charge in [0.15, 0.2) is 0 Å². The van der Waals surface area contributed by atoms with Gasteiger partial charge in [-0.3, -0.25) is 14.4 Å². The van der Waals surface area contributed by atoms with Crippen molar-refractivity contribution in [2.75, 3.05) is 49.5 Å². The molecule has 192 valence electrons. The standard InChI is InChI=1S/C28H35FN4O3/c1-3-31(4-2)28(36)24-19-23(30-26(34)20-8-5-9-20)12-13-25(24)32-14-7-15-33(17-16-32)27(35)21-10-6-11-22(29)18-21/h6,10-13,18-20H,3-5,7-9,14-17H2,1-2H3,(H,30,34). The molecule has 2 aliphatic rings. The number of benzene rings is 2. The van der Waals surface area contributed by atoms with Gasteiger partial charge in [-0.1, -0.05) is 12.5 Å². The fourth-order valence-corrected chi connectivity index (χ4v) is 4.82. The Labute approximate surface area is 212 Å². The average molecular weight is 495 g/mol. The van der Waals surface area contributed by atoms with Crippen LogP contribution in [0.4, 0.5) is 15.8 Å². The topological polar surface area (TPSA) is 73.0 Å². The van der Waals surface area contributed by atoms with Gasteiger partial charge in [0, 0.05) is 62.1 Å². The minimum absolute atomic E-state index is 0.0107. The van der Waals surface area contributed by atoms with Crippen LogP contribution in [0.2, 0.25) is 0 Å². The Kier molecular flexibility index (Phi) is 8.23. The van der Waals surface area contributed by atoms with Crippen molar-refractivity contribution in [3.05, 3.63) is 59.4 Å². The van der Waals surface area contributed by atoms with E-state index in [2.05, 4.69) is 10.2 Å². The molecule has 0 unspecified atom stereocenters. The van der Waals surface area contributed by atoms with Crippen molar-refractivity contribution < 1.29 is 18.8 Å².